The molecular weight excluding hydrogens is 218 g/mol. The van der Waals surface area contributed by atoms with Crippen LogP contribution in [0.15, 0.2) is 54.7 Å². The zero-order valence-corrected chi connectivity index (χ0v) is 10.6. The lowest BCUT2D eigenvalue weighted by atomic mass is 9.99. The first-order valence-corrected chi connectivity index (χ1v) is 6.16. The highest BCUT2D eigenvalue weighted by atomic mass is 14.7. The third kappa shape index (κ3) is 1.88. The molecule has 0 aliphatic heterocycles. The fourth-order valence-electron chi connectivity index (χ4n) is 2.44. The fraction of sp³-hybridized carbons (Fsp3) is 0.118. The van der Waals surface area contributed by atoms with E-state index in [0.717, 1.165) is 5.69 Å². The van der Waals surface area contributed by atoms with Crippen LogP contribution in [0.2, 0.25) is 0 Å². The van der Waals surface area contributed by atoms with E-state index < -0.39 is 0 Å². The molecule has 1 heterocycles. The van der Waals surface area contributed by atoms with Gasteiger partial charge in [0, 0.05) is 11.8 Å². The molecule has 0 unspecified atom stereocenters. The second-order valence-corrected chi connectivity index (χ2v) is 4.73. The van der Waals surface area contributed by atoms with Crippen molar-refractivity contribution >= 4 is 10.8 Å². The second-order valence-electron chi connectivity index (χ2n) is 4.73. The molecule has 0 aliphatic rings. The van der Waals surface area contributed by atoms with E-state index in [1.54, 1.807) is 0 Å². The molecule has 18 heavy (non-hydrogen) atoms. The van der Waals surface area contributed by atoms with Crippen molar-refractivity contribution in [2.45, 2.75) is 13.8 Å². The number of nitrogens with zero attached hydrogens (tertiary/aromatic N) is 1. The molecule has 88 valence electrons. The molecule has 0 radical (unpaired) electrons. The molecule has 0 N–H and O–H groups in total. The SMILES string of the molecule is Cc1cc(C)c2ccc(-c3ccccn3)cc2c1. The normalized spacial score (nSPS) is 10.8. The molecule has 2 aromatic carbocycles. The van der Waals surface area contributed by atoms with E-state index in [4.69, 9.17) is 0 Å². The average Bonchev–Trinajstić information content (AvgIpc) is 2.39. The molecule has 0 spiro atoms. The molecule has 3 rings (SSSR count). The molecule has 0 atom stereocenters. The maximum Gasteiger partial charge on any atom is 0.0702 e. The average molecular weight is 233 g/mol. The molecule has 3 aromatic rings. The monoisotopic (exact) mass is 233 g/mol. The fourth-order valence-corrected chi connectivity index (χ4v) is 2.44. The number of benzene rings is 2. The first kappa shape index (κ1) is 11.0. The lowest BCUT2D eigenvalue weighted by molar-refractivity contribution is 1.33. The number of rotatable bonds is 1. The summed E-state index contributed by atoms with van der Waals surface area (Å²) >= 11 is 0. The predicted molar refractivity (Wildman–Crippen MR) is 76.7 cm³/mol. The highest BCUT2D eigenvalue weighted by molar-refractivity contribution is 5.89. The predicted octanol–water partition coefficient (Wildman–Crippen LogP) is 4.52. The minimum Gasteiger partial charge on any atom is -0.256 e. The molecule has 1 heteroatoms. The van der Waals surface area contributed by atoms with E-state index in [9.17, 15) is 0 Å². The molecule has 0 aliphatic carbocycles. The van der Waals surface area contributed by atoms with Gasteiger partial charge in [0.1, 0.15) is 0 Å². The van der Waals surface area contributed by atoms with Crippen LogP contribution in [0, 0.1) is 13.8 Å². The van der Waals surface area contributed by atoms with Gasteiger partial charge in [-0.15, -0.1) is 0 Å². The lowest BCUT2D eigenvalue weighted by Gasteiger charge is -2.07. The van der Waals surface area contributed by atoms with E-state index in [0.29, 0.717) is 0 Å². The van der Waals surface area contributed by atoms with Crippen LogP contribution in [-0.2, 0) is 0 Å². The Kier molecular flexibility index (Phi) is 2.60. The van der Waals surface area contributed by atoms with Crippen LogP contribution in [0.3, 0.4) is 0 Å². The summed E-state index contributed by atoms with van der Waals surface area (Å²) in [4.78, 5) is 4.40. The molecule has 0 bridgehead atoms. The Morgan fingerprint density at radius 1 is 0.889 bits per heavy atom. The van der Waals surface area contributed by atoms with Crippen LogP contribution in [0.25, 0.3) is 22.0 Å². The number of hydrogen-bond donors (Lipinski definition) is 0. The number of hydrogen-bond acceptors (Lipinski definition) is 1. The van der Waals surface area contributed by atoms with Gasteiger partial charge in [-0.1, -0.05) is 35.9 Å². The van der Waals surface area contributed by atoms with E-state index in [1.807, 2.05) is 24.4 Å². The minimum absolute atomic E-state index is 1.03. The third-order valence-corrected chi connectivity index (χ3v) is 3.26. The van der Waals surface area contributed by atoms with E-state index in [-0.39, 0.29) is 0 Å². The van der Waals surface area contributed by atoms with Gasteiger partial charge in [-0.2, -0.15) is 0 Å². The van der Waals surface area contributed by atoms with Gasteiger partial charge in [0.25, 0.3) is 0 Å². The first-order valence-electron chi connectivity index (χ1n) is 6.16. The Labute approximate surface area is 107 Å². The summed E-state index contributed by atoms with van der Waals surface area (Å²) in [5.74, 6) is 0. The topological polar surface area (TPSA) is 12.9 Å². The lowest BCUT2D eigenvalue weighted by Crippen LogP contribution is -1.85. The smallest absolute Gasteiger partial charge is 0.0702 e. The van der Waals surface area contributed by atoms with Crippen molar-refractivity contribution in [3.8, 4) is 11.3 Å². The van der Waals surface area contributed by atoms with Crippen molar-refractivity contribution in [3.63, 3.8) is 0 Å². The van der Waals surface area contributed by atoms with Crippen LogP contribution in [0.1, 0.15) is 11.1 Å². The summed E-state index contributed by atoms with van der Waals surface area (Å²) in [5, 5.41) is 2.61. The maximum atomic E-state index is 4.40. The van der Waals surface area contributed by atoms with Gasteiger partial charge in [0.15, 0.2) is 0 Å². The zero-order chi connectivity index (χ0) is 12.5. The Bertz CT molecular complexity index is 699. The minimum atomic E-state index is 1.03. The summed E-state index contributed by atoms with van der Waals surface area (Å²) in [7, 11) is 0. The number of fused-ring (bicyclic) bond motifs is 1. The molecule has 0 saturated heterocycles. The van der Waals surface area contributed by atoms with Crippen LogP contribution in [0.4, 0.5) is 0 Å². The van der Waals surface area contributed by atoms with E-state index in [1.165, 1.54) is 27.5 Å². The van der Waals surface area contributed by atoms with Crippen LogP contribution in [-0.4, -0.2) is 4.98 Å². The summed E-state index contributed by atoms with van der Waals surface area (Å²) in [6.45, 7) is 4.30. The van der Waals surface area contributed by atoms with Gasteiger partial charge >= 0.3 is 0 Å². The highest BCUT2D eigenvalue weighted by Crippen LogP contribution is 2.26. The number of aromatic nitrogens is 1. The molecule has 1 nitrogen and oxygen atoms in total. The first-order chi connectivity index (χ1) is 8.74. The van der Waals surface area contributed by atoms with Crippen LogP contribution in [0.5, 0.6) is 0 Å². The van der Waals surface area contributed by atoms with Crippen LogP contribution < -0.4 is 0 Å². The summed E-state index contributed by atoms with van der Waals surface area (Å²) < 4.78 is 0. The largest absolute Gasteiger partial charge is 0.256 e. The Hall–Kier alpha value is -2.15. The van der Waals surface area contributed by atoms with Gasteiger partial charge in [0.05, 0.1) is 5.69 Å². The third-order valence-electron chi connectivity index (χ3n) is 3.26. The number of aryl methyl sites for hydroxylation is 2. The van der Waals surface area contributed by atoms with Crippen molar-refractivity contribution in [1.29, 1.82) is 0 Å². The molecule has 1 aromatic heterocycles. The standard InChI is InChI=1S/C17H15N/c1-12-9-13(2)16-7-6-14(11-15(16)10-12)17-5-3-4-8-18-17/h3-11H,1-2H3. The van der Waals surface area contributed by atoms with Gasteiger partial charge in [-0.25, -0.2) is 0 Å². The van der Waals surface area contributed by atoms with Crippen molar-refractivity contribution in [1.82, 2.24) is 4.98 Å². The molecule has 0 saturated carbocycles. The highest BCUT2D eigenvalue weighted by Gasteiger charge is 2.02. The van der Waals surface area contributed by atoms with E-state index >= 15 is 0 Å². The molecule has 0 fully saturated rings. The quantitative estimate of drug-likeness (QED) is 0.602. The second kappa shape index (κ2) is 4.26. The summed E-state index contributed by atoms with van der Waals surface area (Å²) in [6.07, 6.45) is 1.83. The summed E-state index contributed by atoms with van der Waals surface area (Å²) in [6, 6.07) is 17.0. The van der Waals surface area contributed by atoms with Crippen molar-refractivity contribution in [2.75, 3.05) is 0 Å². The van der Waals surface area contributed by atoms with Crippen molar-refractivity contribution in [2.24, 2.45) is 0 Å². The molecule has 0 amide bonds. The van der Waals surface area contributed by atoms with Gasteiger partial charge in [-0.05, 0) is 48.4 Å². The zero-order valence-electron chi connectivity index (χ0n) is 10.6. The Balaban J connectivity index is 2.23. The maximum absolute atomic E-state index is 4.40. The van der Waals surface area contributed by atoms with Crippen LogP contribution >= 0.6 is 0 Å². The van der Waals surface area contributed by atoms with Gasteiger partial charge < -0.3 is 0 Å². The van der Waals surface area contributed by atoms with E-state index in [2.05, 4.69) is 49.2 Å². The van der Waals surface area contributed by atoms with Crippen molar-refractivity contribution in [3.05, 3.63) is 65.9 Å². The molecular formula is C17H15N. The summed E-state index contributed by atoms with van der Waals surface area (Å²) in [5.41, 5.74) is 4.84. The number of pyridine rings is 1. The van der Waals surface area contributed by atoms with Gasteiger partial charge in [0.2, 0.25) is 0 Å². The Morgan fingerprint density at radius 2 is 1.78 bits per heavy atom. The Morgan fingerprint density at radius 3 is 2.56 bits per heavy atom. The van der Waals surface area contributed by atoms with Crippen molar-refractivity contribution < 1.29 is 0 Å². The van der Waals surface area contributed by atoms with Gasteiger partial charge in [-0.3, -0.25) is 4.98 Å².